The number of hydrogen-bond acceptors (Lipinski definition) is 4. The standard InChI is InChI=1S/C14H24N2O2S2/c1-3-11-4-6-13(10(11)2)16-20(17,18)14-7-5-12(19-14)8-9-15/h5,7,10-11,13,16H,3-4,6,8-9,15H2,1-2H3. The molecule has 1 aromatic rings. The third-order valence-corrected chi connectivity index (χ3v) is 7.48. The fourth-order valence-electron chi connectivity index (χ4n) is 3.03. The van der Waals surface area contributed by atoms with Gasteiger partial charge in [-0.15, -0.1) is 11.3 Å². The third kappa shape index (κ3) is 3.42. The summed E-state index contributed by atoms with van der Waals surface area (Å²) in [5.74, 6) is 1.05. The molecular formula is C14H24N2O2S2. The lowest BCUT2D eigenvalue weighted by molar-refractivity contribution is 0.369. The van der Waals surface area contributed by atoms with E-state index < -0.39 is 10.0 Å². The van der Waals surface area contributed by atoms with Gasteiger partial charge < -0.3 is 5.73 Å². The van der Waals surface area contributed by atoms with Crippen molar-refractivity contribution < 1.29 is 8.42 Å². The molecule has 1 aliphatic rings. The van der Waals surface area contributed by atoms with E-state index in [1.807, 2.05) is 6.07 Å². The minimum absolute atomic E-state index is 0.0741. The monoisotopic (exact) mass is 316 g/mol. The molecule has 3 N–H and O–H groups in total. The van der Waals surface area contributed by atoms with Crippen LogP contribution in [0.3, 0.4) is 0 Å². The average Bonchev–Trinajstić information content (AvgIpc) is 2.99. The second-order valence-corrected chi connectivity index (χ2v) is 8.70. The molecule has 0 amide bonds. The van der Waals surface area contributed by atoms with Crippen LogP contribution in [0.25, 0.3) is 0 Å². The van der Waals surface area contributed by atoms with Crippen molar-refractivity contribution in [3.63, 3.8) is 0 Å². The molecule has 114 valence electrons. The minimum Gasteiger partial charge on any atom is -0.330 e. The third-order valence-electron chi connectivity index (χ3n) is 4.35. The summed E-state index contributed by atoms with van der Waals surface area (Å²) < 4.78 is 28.1. The first kappa shape index (κ1) is 15.9. The molecule has 1 saturated carbocycles. The Morgan fingerprint density at radius 1 is 1.40 bits per heavy atom. The van der Waals surface area contributed by atoms with Crippen LogP contribution in [0.1, 0.15) is 38.0 Å². The number of sulfonamides is 1. The van der Waals surface area contributed by atoms with Crippen LogP contribution in [0.5, 0.6) is 0 Å². The molecule has 0 bridgehead atoms. The Balaban J connectivity index is 2.07. The van der Waals surface area contributed by atoms with Crippen LogP contribution < -0.4 is 10.5 Å². The van der Waals surface area contributed by atoms with Crippen molar-refractivity contribution in [3.05, 3.63) is 17.0 Å². The molecule has 1 heterocycles. The smallest absolute Gasteiger partial charge is 0.250 e. The summed E-state index contributed by atoms with van der Waals surface area (Å²) in [6, 6.07) is 3.62. The van der Waals surface area contributed by atoms with E-state index >= 15 is 0 Å². The predicted molar refractivity (Wildman–Crippen MR) is 83.4 cm³/mol. The van der Waals surface area contributed by atoms with Crippen molar-refractivity contribution in [2.45, 2.75) is 49.8 Å². The number of nitrogens with two attached hydrogens (primary N) is 1. The minimum atomic E-state index is -3.38. The Bertz CT molecular complexity index is 539. The van der Waals surface area contributed by atoms with Crippen LogP contribution in [0.15, 0.2) is 16.3 Å². The predicted octanol–water partition coefficient (Wildman–Crippen LogP) is 2.35. The highest BCUT2D eigenvalue weighted by molar-refractivity contribution is 7.91. The SMILES string of the molecule is CCC1CCC(NS(=O)(=O)c2ccc(CCN)s2)C1C. The van der Waals surface area contributed by atoms with Crippen molar-refractivity contribution in [2.24, 2.45) is 17.6 Å². The van der Waals surface area contributed by atoms with Crippen molar-refractivity contribution in [1.82, 2.24) is 4.72 Å². The second-order valence-electron chi connectivity index (χ2n) is 5.59. The Kier molecular flexibility index (Phi) is 5.23. The summed E-state index contributed by atoms with van der Waals surface area (Å²) in [6.07, 6.45) is 3.92. The Morgan fingerprint density at radius 3 is 2.75 bits per heavy atom. The lowest BCUT2D eigenvalue weighted by atomic mass is 9.94. The zero-order valence-corrected chi connectivity index (χ0v) is 13.8. The molecule has 2 rings (SSSR count). The van der Waals surface area contributed by atoms with Gasteiger partial charge in [0.2, 0.25) is 10.0 Å². The maximum atomic E-state index is 12.4. The van der Waals surface area contributed by atoms with Gasteiger partial charge in [-0.3, -0.25) is 0 Å². The van der Waals surface area contributed by atoms with Gasteiger partial charge >= 0.3 is 0 Å². The molecule has 1 aromatic heterocycles. The molecule has 0 spiro atoms. The highest BCUT2D eigenvalue weighted by atomic mass is 32.2. The number of nitrogens with one attached hydrogen (secondary N) is 1. The molecule has 20 heavy (non-hydrogen) atoms. The summed E-state index contributed by atoms with van der Waals surface area (Å²) >= 11 is 1.33. The molecule has 3 unspecified atom stereocenters. The van der Waals surface area contributed by atoms with E-state index in [0.717, 1.165) is 30.6 Å². The van der Waals surface area contributed by atoms with Gasteiger partial charge in [0, 0.05) is 10.9 Å². The molecule has 4 nitrogen and oxygen atoms in total. The summed E-state index contributed by atoms with van der Waals surface area (Å²) in [4.78, 5) is 1.03. The quantitative estimate of drug-likeness (QED) is 0.846. The highest BCUT2D eigenvalue weighted by Crippen LogP contribution is 2.35. The van der Waals surface area contributed by atoms with Crippen molar-refractivity contribution in [3.8, 4) is 0 Å². The Labute approximate surface area is 125 Å². The molecule has 1 fully saturated rings. The van der Waals surface area contributed by atoms with Gasteiger partial charge in [0.05, 0.1) is 0 Å². The maximum Gasteiger partial charge on any atom is 0.250 e. The number of rotatable bonds is 6. The number of hydrogen-bond donors (Lipinski definition) is 2. The normalized spacial score (nSPS) is 27.1. The largest absolute Gasteiger partial charge is 0.330 e. The summed E-state index contributed by atoms with van der Waals surface area (Å²) in [7, 11) is -3.38. The van der Waals surface area contributed by atoms with Crippen molar-refractivity contribution in [1.29, 1.82) is 0 Å². The van der Waals surface area contributed by atoms with E-state index in [1.165, 1.54) is 11.3 Å². The zero-order valence-electron chi connectivity index (χ0n) is 12.1. The van der Waals surface area contributed by atoms with E-state index in [2.05, 4.69) is 18.6 Å². The topological polar surface area (TPSA) is 72.2 Å². The fraction of sp³-hybridized carbons (Fsp3) is 0.714. The molecule has 0 aliphatic heterocycles. The molecule has 0 radical (unpaired) electrons. The molecular weight excluding hydrogens is 292 g/mol. The maximum absolute atomic E-state index is 12.4. The lowest BCUT2D eigenvalue weighted by Crippen LogP contribution is -2.37. The van der Waals surface area contributed by atoms with Gasteiger partial charge in [-0.2, -0.15) is 0 Å². The van der Waals surface area contributed by atoms with Gasteiger partial charge in [0.15, 0.2) is 0 Å². The molecule has 0 saturated heterocycles. The van der Waals surface area contributed by atoms with Crippen LogP contribution >= 0.6 is 11.3 Å². The first-order chi connectivity index (χ1) is 9.47. The van der Waals surface area contributed by atoms with Crippen LogP contribution in [-0.2, 0) is 16.4 Å². The summed E-state index contributed by atoms with van der Waals surface area (Å²) in [5, 5.41) is 0. The second kappa shape index (κ2) is 6.56. The molecule has 1 aliphatic carbocycles. The molecule has 0 aromatic carbocycles. The van der Waals surface area contributed by atoms with E-state index in [-0.39, 0.29) is 6.04 Å². The van der Waals surface area contributed by atoms with Gasteiger partial charge in [-0.25, -0.2) is 13.1 Å². The van der Waals surface area contributed by atoms with E-state index in [4.69, 9.17) is 5.73 Å². The van der Waals surface area contributed by atoms with Gasteiger partial charge in [-0.05, 0) is 49.8 Å². The Hall–Kier alpha value is -0.430. The fourth-order valence-corrected chi connectivity index (χ4v) is 5.78. The van der Waals surface area contributed by atoms with E-state index in [1.54, 1.807) is 6.07 Å². The zero-order chi connectivity index (χ0) is 14.8. The van der Waals surface area contributed by atoms with Gasteiger partial charge in [0.25, 0.3) is 0 Å². The van der Waals surface area contributed by atoms with E-state index in [0.29, 0.717) is 22.6 Å². The first-order valence-electron chi connectivity index (χ1n) is 7.29. The van der Waals surface area contributed by atoms with Crippen LogP contribution in [0.2, 0.25) is 0 Å². The Morgan fingerprint density at radius 2 is 2.15 bits per heavy atom. The van der Waals surface area contributed by atoms with Gasteiger partial charge in [-0.1, -0.05) is 20.3 Å². The van der Waals surface area contributed by atoms with Crippen LogP contribution in [0.4, 0.5) is 0 Å². The van der Waals surface area contributed by atoms with E-state index in [9.17, 15) is 8.42 Å². The first-order valence-corrected chi connectivity index (χ1v) is 9.59. The summed E-state index contributed by atoms with van der Waals surface area (Å²) in [6.45, 7) is 4.88. The highest BCUT2D eigenvalue weighted by Gasteiger charge is 2.34. The average molecular weight is 316 g/mol. The van der Waals surface area contributed by atoms with Gasteiger partial charge in [0.1, 0.15) is 4.21 Å². The lowest BCUT2D eigenvalue weighted by Gasteiger charge is -2.20. The van der Waals surface area contributed by atoms with Crippen LogP contribution in [0, 0.1) is 11.8 Å². The van der Waals surface area contributed by atoms with Crippen molar-refractivity contribution in [2.75, 3.05) is 6.54 Å². The summed E-state index contributed by atoms with van der Waals surface area (Å²) in [5.41, 5.74) is 5.50. The van der Waals surface area contributed by atoms with Crippen LogP contribution in [-0.4, -0.2) is 21.0 Å². The molecule has 3 atom stereocenters. The molecule has 6 heteroatoms. The van der Waals surface area contributed by atoms with Crippen molar-refractivity contribution >= 4 is 21.4 Å². The number of thiophene rings is 1.